The second-order valence-electron chi connectivity index (χ2n) is 9.93. The minimum atomic E-state index is -0.589. The number of hydrogen-bond acceptors (Lipinski definition) is 6. The average Bonchev–Trinajstić information content (AvgIpc) is 3.52. The fourth-order valence-corrected chi connectivity index (χ4v) is 4.47. The number of rotatable bonds is 8. The highest BCUT2D eigenvalue weighted by molar-refractivity contribution is 7.15. The monoisotopic (exact) mass is 542 g/mol. The summed E-state index contributed by atoms with van der Waals surface area (Å²) < 4.78 is 23.3. The van der Waals surface area contributed by atoms with Gasteiger partial charge in [-0.25, -0.2) is 14.2 Å². The molecule has 3 rings (SSSR count). The van der Waals surface area contributed by atoms with Gasteiger partial charge in [-0.2, -0.15) is 0 Å². The van der Waals surface area contributed by atoms with E-state index in [2.05, 4.69) is 35.9 Å². The van der Waals surface area contributed by atoms with Crippen LogP contribution in [0.5, 0.6) is 0 Å². The summed E-state index contributed by atoms with van der Waals surface area (Å²) in [4.78, 5) is 29.4. The molecule has 2 atom stereocenters. The first-order valence-corrected chi connectivity index (χ1v) is 13.6. The van der Waals surface area contributed by atoms with Crippen LogP contribution < -0.4 is 5.32 Å². The molecule has 1 aliphatic heterocycles. The highest BCUT2D eigenvalue weighted by atomic mass is 32.1. The highest BCUT2D eigenvalue weighted by Gasteiger charge is 2.33. The van der Waals surface area contributed by atoms with Crippen LogP contribution in [-0.2, 0) is 27.1 Å². The fraction of sp³-hybridized carbons (Fsp3) is 0.433. The van der Waals surface area contributed by atoms with Gasteiger partial charge in [0.15, 0.2) is 0 Å². The molecule has 6 nitrogen and oxygen atoms in total. The Bertz CT molecular complexity index is 1150. The van der Waals surface area contributed by atoms with Gasteiger partial charge in [0.2, 0.25) is 0 Å². The van der Waals surface area contributed by atoms with Gasteiger partial charge in [0.25, 0.3) is 0 Å². The van der Waals surface area contributed by atoms with E-state index in [-0.39, 0.29) is 23.9 Å². The molecule has 1 aromatic heterocycles. The van der Waals surface area contributed by atoms with E-state index < -0.39 is 11.7 Å². The van der Waals surface area contributed by atoms with E-state index in [0.717, 1.165) is 27.4 Å². The van der Waals surface area contributed by atoms with Gasteiger partial charge in [0.1, 0.15) is 17.5 Å². The Morgan fingerprint density at radius 1 is 1.34 bits per heavy atom. The number of allylic oxidation sites excluding steroid dienone is 5. The summed E-state index contributed by atoms with van der Waals surface area (Å²) in [6.07, 6.45) is 8.08. The highest BCUT2D eigenvalue weighted by Crippen LogP contribution is 2.27. The normalized spacial score (nSPS) is 16.7. The number of ether oxygens (including phenoxy) is 2. The average molecular weight is 543 g/mol. The number of aryl methyl sites for hydroxylation is 1. The van der Waals surface area contributed by atoms with Crippen molar-refractivity contribution in [2.45, 2.75) is 85.0 Å². The predicted octanol–water partition coefficient (Wildman–Crippen LogP) is 7.51. The summed E-state index contributed by atoms with van der Waals surface area (Å²) in [5.41, 5.74) is 2.16. The van der Waals surface area contributed by atoms with E-state index in [4.69, 9.17) is 9.47 Å². The molecule has 1 aromatic carbocycles. The van der Waals surface area contributed by atoms with Crippen LogP contribution in [0.1, 0.15) is 65.0 Å². The van der Waals surface area contributed by atoms with Crippen LogP contribution >= 0.6 is 11.3 Å². The molecule has 2 aromatic rings. The van der Waals surface area contributed by atoms with Crippen molar-refractivity contribution >= 4 is 23.4 Å². The maximum absolute atomic E-state index is 12.5. The Morgan fingerprint density at radius 3 is 2.53 bits per heavy atom. The summed E-state index contributed by atoms with van der Waals surface area (Å²) in [5, 5.41) is 4.01. The number of cyclic esters (lactones) is 1. The standard InChI is InChI=1S/C22H28N2O4S.C8H11F/c1-5-19-23-13-18(29-19)15-8-6-14(7-9-15)12-16(17-10-11-20(25)27-17)24-21(26)28-22(2,3)4;1-4-6-8(9)7(3)5-2/h6-9,13,16-17H,5,10-12H2,1-4H3,(H,24,26);4-6H,2H2,1,3H3/b;6-4-,8-7+/t16-,17-;/m0./s1. The second-order valence-corrected chi connectivity index (χ2v) is 11.0. The Balaban J connectivity index is 0.000000484. The third-order valence-electron chi connectivity index (χ3n) is 5.61. The minimum Gasteiger partial charge on any atom is -0.460 e. The molecule has 1 fully saturated rings. The zero-order chi connectivity index (χ0) is 28.3. The molecule has 0 radical (unpaired) electrons. The van der Waals surface area contributed by atoms with E-state index in [1.165, 1.54) is 12.2 Å². The first-order chi connectivity index (χ1) is 17.9. The second kappa shape index (κ2) is 14.6. The minimum absolute atomic E-state index is 0.215. The van der Waals surface area contributed by atoms with Gasteiger partial charge in [-0.3, -0.25) is 4.79 Å². The third kappa shape index (κ3) is 10.2. The van der Waals surface area contributed by atoms with E-state index in [0.29, 0.717) is 24.8 Å². The fourth-order valence-electron chi connectivity index (χ4n) is 3.61. The van der Waals surface area contributed by atoms with Gasteiger partial charge in [-0.1, -0.05) is 49.9 Å². The molecular formula is C30H39FN2O4S. The number of amides is 1. The van der Waals surface area contributed by atoms with Gasteiger partial charge in [0, 0.05) is 12.6 Å². The van der Waals surface area contributed by atoms with Gasteiger partial charge in [-0.05, 0) is 76.7 Å². The molecule has 0 saturated carbocycles. The molecular weight excluding hydrogens is 503 g/mol. The van der Waals surface area contributed by atoms with Crippen LogP contribution in [0.3, 0.4) is 0 Å². The molecule has 2 heterocycles. The summed E-state index contributed by atoms with van der Waals surface area (Å²) >= 11 is 1.70. The van der Waals surface area contributed by atoms with Crippen LogP contribution in [0.2, 0.25) is 0 Å². The van der Waals surface area contributed by atoms with Crippen LogP contribution in [0.15, 0.2) is 66.7 Å². The number of alkyl carbamates (subject to hydrolysis) is 1. The molecule has 1 aliphatic rings. The first-order valence-electron chi connectivity index (χ1n) is 12.8. The zero-order valence-corrected chi connectivity index (χ0v) is 24.0. The molecule has 1 saturated heterocycles. The number of esters is 1. The van der Waals surface area contributed by atoms with Crippen molar-refractivity contribution in [3.8, 4) is 10.4 Å². The summed E-state index contributed by atoms with van der Waals surface area (Å²) in [6.45, 7) is 14.4. The van der Waals surface area contributed by atoms with E-state index in [1.807, 2.05) is 39.1 Å². The van der Waals surface area contributed by atoms with Crippen LogP contribution in [0.25, 0.3) is 10.4 Å². The number of carbonyl (C=O) groups is 2. The number of aromatic nitrogens is 1. The van der Waals surface area contributed by atoms with Gasteiger partial charge in [0.05, 0.1) is 15.9 Å². The number of nitrogens with zero attached hydrogens (tertiary/aromatic N) is 1. The van der Waals surface area contributed by atoms with Crippen molar-refractivity contribution in [2.75, 3.05) is 0 Å². The molecule has 38 heavy (non-hydrogen) atoms. The zero-order valence-electron chi connectivity index (χ0n) is 23.2. The maximum Gasteiger partial charge on any atom is 0.408 e. The number of hydrogen-bond donors (Lipinski definition) is 1. The summed E-state index contributed by atoms with van der Waals surface area (Å²) in [7, 11) is 0. The number of nitrogens with one attached hydrogen (secondary N) is 1. The Morgan fingerprint density at radius 2 is 2.03 bits per heavy atom. The lowest BCUT2D eigenvalue weighted by molar-refractivity contribution is -0.142. The number of thiazole rings is 1. The van der Waals surface area contributed by atoms with Gasteiger partial charge in [-0.15, -0.1) is 11.3 Å². The largest absolute Gasteiger partial charge is 0.460 e. The molecule has 1 N–H and O–H groups in total. The van der Waals surface area contributed by atoms with Crippen molar-refractivity contribution in [1.82, 2.24) is 10.3 Å². The van der Waals surface area contributed by atoms with Crippen molar-refractivity contribution < 1.29 is 23.5 Å². The van der Waals surface area contributed by atoms with E-state index in [1.54, 1.807) is 31.3 Å². The summed E-state index contributed by atoms with van der Waals surface area (Å²) in [6, 6.07) is 7.88. The Labute approximate surface area is 229 Å². The lowest BCUT2D eigenvalue weighted by Crippen LogP contribution is -2.46. The smallest absolute Gasteiger partial charge is 0.408 e. The van der Waals surface area contributed by atoms with Crippen LogP contribution in [-0.4, -0.2) is 34.8 Å². The topological polar surface area (TPSA) is 77.5 Å². The van der Waals surface area contributed by atoms with Crippen molar-refractivity contribution in [3.63, 3.8) is 0 Å². The Hall–Kier alpha value is -3.26. The lowest BCUT2D eigenvalue weighted by Gasteiger charge is -2.26. The molecule has 1 amide bonds. The third-order valence-corrected chi connectivity index (χ3v) is 6.80. The molecule has 0 unspecified atom stereocenters. The molecule has 206 valence electrons. The van der Waals surface area contributed by atoms with E-state index in [9.17, 15) is 14.0 Å². The number of halogens is 1. The van der Waals surface area contributed by atoms with Gasteiger partial charge >= 0.3 is 12.1 Å². The first kappa shape index (κ1) is 31.0. The van der Waals surface area contributed by atoms with Crippen LogP contribution in [0.4, 0.5) is 9.18 Å². The maximum atomic E-state index is 12.5. The number of benzene rings is 1. The predicted molar refractivity (Wildman–Crippen MR) is 152 cm³/mol. The van der Waals surface area contributed by atoms with E-state index >= 15 is 0 Å². The van der Waals surface area contributed by atoms with Gasteiger partial charge < -0.3 is 14.8 Å². The Kier molecular flexibility index (Phi) is 11.9. The van der Waals surface area contributed by atoms with Crippen molar-refractivity contribution in [1.29, 1.82) is 0 Å². The quantitative estimate of drug-likeness (QED) is 0.276. The summed E-state index contributed by atoms with van der Waals surface area (Å²) in [5.74, 6) is -0.439. The molecule has 0 aliphatic carbocycles. The van der Waals surface area contributed by atoms with Crippen LogP contribution in [0, 0.1) is 0 Å². The van der Waals surface area contributed by atoms with Crippen molar-refractivity contribution in [2.24, 2.45) is 0 Å². The molecule has 0 bridgehead atoms. The lowest BCUT2D eigenvalue weighted by atomic mass is 9.98. The molecule has 0 spiro atoms. The molecule has 8 heteroatoms. The van der Waals surface area contributed by atoms with Crippen molar-refractivity contribution in [3.05, 3.63) is 77.2 Å². The number of carbonyl (C=O) groups excluding carboxylic acids is 2. The SMILES string of the molecule is C=C/C(C)=C(F)\C=C/C.CCc1ncc(-c2ccc(C[C@H](NC(=O)OC(C)(C)C)[C@@H]3CCC(=O)O3)cc2)s1.